The molecular weight excluding hydrogens is 266 g/mol. The average Bonchev–Trinajstić information content (AvgIpc) is 3.24. The number of hydrogen-bond acceptors (Lipinski definition) is 3. The quantitative estimate of drug-likeness (QED) is 0.632. The van der Waals surface area contributed by atoms with E-state index in [4.69, 9.17) is 0 Å². The third-order valence-corrected chi connectivity index (χ3v) is 5.75. The van der Waals surface area contributed by atoms with Crippen molar-refractivity contribution in [1.29, 1.82) is 0 Å². The Labute approximate surface area is 122 Å². The summed E-state index contributed by atoms with van der Waals surface area (Å²) in [5.74, 6) is 1.25. The molecule has 1 aliphatic heterocycles. The Morgan fingerprint density at radius 3 is 2.19 bits per heavy atom. The lowest BCUT2D eigenvalue weighted by Gasteiger charge is -2.37. The van der Waals surface area contributed by atoms with Gasteiger partial charge in [0.2, 0.25) is 11.8 Å². The first-order valence-electron chi connectivity index (χ1n) is 7.52. The van der Waals surface area contributed by atoms with E-state index >= 15 is 0 Å². The summed E-state index contributed by atoms with van der Waals surface area (Å²) in [5, 5.41) is 9.61. The number of carbonyl (C=O) groups excluding carboxylic acids is 2. The van der Waals surface area contributed by atoms with Gasteiger partial charge in [-0.3, -0.25) is 9.59 Å². The number of phenols is 1. The first kappa shape index (κ1) is 11.5. The van der Waals surface area contributed by atoms with E-state index in [0.29, 0.717) is 17.5 Å². The maximum atomic E-state index is 12.8. The molecule has 4 heteroatoms. The monoisotopic (exact) mass is 281 g/mol. The van der Waals surface area contributed by atoms with Gasteiger partial charge in [0.05, 0.1) is 17.5 Å². The largest absolute Gasteiger partial charge is 0.508 e. The van der Waals surface area contributed by atoms with Crippen LogP contribution in [0.1, 0.15) is 6.42 Å². The van der Waals surface area contributed by atoms with Crippen molar-refractivity contribution >= 4 is 17.5 Å². The molecule has 5 aliphatic rings. The molecule has 6 atom stereocenters. The number of hydrogen-bond donors (Lipinski definition) is 1. The normalized spacial score (nSPS) is 42.2. The third-order valence-electron chi connectivity index (χ3n) is 5.75. The Kier molecular flexibility index (Phi) is 1.96. The highest BCUT2D eigenvalue weighted by molar-refractivity contribution is 6.22. The lowest BCUT2D eigenvalue weighted by Crippen LogP contribution is -2.40. The standard InChI is InChI=1S/C17H15NO3/c19-9-3-1-2-8(6-9)18-16(20)14-10-4-5-11(13-7-12(10)13)15(14)17(18)21/h1-6,10-15,19H,7H2/t10-,11+,12+,13-,14+,15-. The fourth-order valence-electron chi connectivity index (χ4n) is 4.84. The van der Waals surface area contributed by atoms with Crippen molar-refractivity contribution in [3.8, 4) is 5.75 Å². The number of benzene rings is 1. The highest BCUT2D eigenvalue weighted by atomic mass is 16.3. The number of amides is 2. The van der Waals surface area contributed by atoms with Crippen LogP contribution >= 0.6 is 0 Å². The molecule has 0 aromatic heterocycles. The number of carbonyl (C=O) groups is 2. The van der Waals surface area contributed by atoms with Gasteiger partial charge in [0.25, 0.3) is 0 Å². The average molecular weight is 281 g/mol. The van der Waals surface area contributed by atoms with Gasteiger partial charge < -0.3 is 5.11 Å². The second-order valence-electron chi connectivity index (χ2n) is 6.69. The van der Waals surface area contributed by atoms with Crippen LogP contribution in [0.4, 0.5) is 5.69 Å². The first-order valence-corrected chi connectivity index (χ1v) is 7.52. The Bertz CT molecular complexity index is 674. The molecule has 1 N–H and O–H groups in total. The van der Waals surface area contributed by atoms with Gasteiger partial charge in [0.1, 0.15) is 5.75 Å². The first-order chi connectivity index (χ1) is 10.2. The summed E-state index contributed by atoms with van der Waals surface area (Å²) in [6, 6.07) is 6.41. The summed E-state index contributed by atoms with van der Waals surface area (Å²) in [6.45, 7) is 0. The van der Waals surface area contributed by atoms with Crippen LogP contribution in [0.15, 0.2) is 36.4 Å². The summed E-state index contributed by atoms with van der Waals surface area (Å²) >= 11 is 0. The molecule has 0 spiro atoms. The van der Waals surface area contributed by atoms with Gasteiger partial charge in [-0.15, -0.1) is 0 Å². The topological polar surface area (TPSA) is 57.6 Å². The number of phenolic OH excluding ortho intramolecular Hbond substituents is 1. The second-order valence-corrected chi connectivity index (χ2v) is 6.69. The fraction of sp³-hybridized carbons (Fsp3) is 0.412. The van der Waals surface area contributed by atoms with E-state index in [-0.39, 0.29) is 41.2 Å². The van der Waals surface area contributed by atoms with Gasteiger partial charge >= 0.3 is 0 Å². The minimum atomic E-state index is -0.182. The smallest absolute Gasteiger partial charge is 0.238 e. The van der Waals surface area contributed by atoms with Gasteiger partial charge in [-0.1, -0.05) is 18.2 Å². The highest BCUT2D eigenvalue weighted by Gasteiger charge is 2.67. The van der Waals surface area contributed by atoms with Crippen molar-refractivity contribution in [3.63, 3.8) is 0 Å². The van der Waals surface area contributed by atoms with Crippen molar-refractivity contribution in [3.05, 3.63) is 36.4 Å². The molecule has 0 radical (unpaired) electrons. The molecule has 4 aliphatic carbocycles. The van der Waals surface area contributed by atoms with E-state index in [1.54, 1.807) is 18.2 Å². The molecule has 1 aromatic rings. The summed E-state index contributed by atoms with van der Waals surface area (Å²) < 4.78 is 0. The predicted molar refractivity (Wildman–Crippen MR) is 75.3 cm³/mol. The summed E-state index contributed by atoms with van der Waals surface area (Å²) in [4.78, 5) is 26.9. The Morgan fingerprint density at radius 2 is 1.62 bits per heavy atom. The molecule has 1 heterocycles. The Balaban J connectivity index is 1.60. The second kappa shape index (κ2) is 3.56. The molecule has 1 aromatic carbocycles. The molecule has 3 fully saturated rings. The van der Waals surface area contributed by atoms with E-state index in [2.05, 4.69) is 12.2 Å². The highest BCUT2D eigenvalue weighted by Crippen LogP contribution is 2.65. The van der Waals surface area contributed by atoms with Crippen LogP contribution in [-0.4, -0.2) is 16.9 Å². The number of imide groups is 1. The Morgan fingerprint density at radius 1 is 1.00 bits per heavy atom. The molecule has 2 bridgehead atoms. The van der Waals surface area contributed by atoms with Crippen molar-refractivity contribution in [1.82, 2.24) is 0 Å². The number of rotatable bonds is 1. The van der Waals surface area contributed by atoms with Gasteiger partial charge in [-0.05, 0) is 42.2 Å². The van der Waals surface area contributed by atoms with Crippen LogP contribution in [0.3, 0.4) is 0 Å². The third kappa shape index (κ3) is 1.30. The molecule has 2 saturated carbocycles. The van der Waals surface area contributed by atoms with Crippen molar-refractivity contribution < 1.29 is 14.7 Å². The van der Waals surface area contributed by atoms with E-state index in [0.717, 1.165) is 0 Å². The predicted octanol–water partition coefficient (Wildman–Crippen LogP) is 1.95. The molecule has 21 heavy (non-hydrogen) atoms. The summed E-state index contributed by atoms with van der Waals surface area (Å²) in [6.07, 6.45) is 5.50. The van der Waals surface area contributed by atoms with E-state index in [9.17, 15) is 14.7 Å². The van der Waals surface area contributed by atoms with Crippen molar-refractivity contribution in [2.45, 2.75) is 6.42 Å². The molecule has 6 rings (SSSR count). The zero-order chi connectivity index (χ0) is 14.3. The van der Waals surface area contributed by atoms with E-state index < -0.39 is 0 Å². The fourth-order valence-corrected chi connectivity index (χ4v) is 4.84. The Hall–Kier alpha value is -2.10. The van der Waals surface area contributed by atoms with Crippen LogP contribution in [0, 0.1) is 35.5 Å². The summed E-state index contributed by atoms with van der Waals surface area (Å²) in [7, 11) is 0. The summed E-state index contributed by atoms with van der Waals surface area (Å²) in [5.41, 5.74) is 0.493. The number of anilines is 1. The molecule has 106 valence electrons. The molecule has 1 saturated heterocycles. The van der Waals surface area contributed by atoms with Gasteiger partial charge in [0, 0.05) is 6.07 Å². The van der Waals surface area contributed by atoms with Gasteiger partial charge in [-0.2, -0.15) is 0 Å². The van der Waals surface area contributed by atoms with Crippen LogP contribution in [0.25, 0.3) is 0 Å². The number of aromatic hydroxyl groups is 1. The van der Waals surface area contributed by atoms with Gasteiger partial charge in [0.15, 0.2) is 0 Å². The number of allylic oxidation sites excluding steroid dienone is 2. The van der Waals surface area contributed by atoms with Crippen LogP contribution in [-0.2, 0) is 9.59 Å². The lowest BCUT2D eigenvalue weighted by atomic mass is 9.63. The molecular formula is C17H15NO3. The minimum absolute atomic E-state index is 0.0758. The zero-order valence-electron chi connectivity index (χ0n) is 11.3. The lowest BCUT2D eigenvalue weighted by molar-refractivity contribution is -0.124. The molecule has 2 amide bonds. The van der Waals surface area contributed by atoms with Crippen molar-refractivity contribution in [2.24, 2.45) is 35.5 Å². The molecule has 4 nitrogen and oxygen atoms in total. The van der Waals surface area contributed by atoms with Crippen LogP contribution in [0.2, 0.25) is 0 Å². The van der Waals surface area contributed by atoms with Crippen LogP contribution < -0.4 is 4.90 Å². The maximum absolute atomic E-state index is 12.8. The zero-order valence-corrected chi connectivity index (χ0v) is 11.3. The van der Waals surface area contributed by atoms with E-state index in [1.165, 1.54) is 17.4 Å². The van der Waals surface area contributed by atoms with Crippen molar-refractivity contribution in [2.75, 3.05) is 4.90 Å². The maximum Gasteiger partial charge on any atom is 0.238 e. The number of nitrogens with zero attached hydrogens (tertiary/aromatic N) is 1. The SMILES string of the molecule is O=C1[C@@H]2[C@H]3C=C[C@H]([C@@H]4C[C@H]34)[C@@H]2C(=O)N1c1cccc(O)c1. The minimum Gasteiger partial charge on any atom is -0.508 e. The van der Waals surface area contributed by atoms with Crippen LogP contribution in [0.5, 0.6) is 5.75 Å². The van der Waals surface area contributed by atoms with Gasteiger partial charge in [-0.25, -0.2) is 4.90 Å². The molecule has 0 unspecified atom stereocenters. The van der Waals surface area contributed by atoms with E-state index in [1.807, 2.05) is 0 Å².